The molecule has 6 nitrogen and oxygen atoms in total. The molecule has 0 bridgehead atoms. The molecule has 3 aromatic rings. The minimum absolute atomic E-state index is 0.0922. The van der Waals surface area contributed by atoms with Gasteiger partial charge in [-0.2, -0.15) is 0 Å². The molecule has 1 N–H and O–H groups in total. The molecule has 0 fully saturated rings. The number of aromatic nitrogens is 3. The Morgan fingerprint density at radius 2 is 2.04 bits per heavy atom. The highest BCUT2D eigenvalue weighted by Gasteiger charge is 2.18. The van der Waals surface area contributed by atoms with E-state index in [1.54, 1.807) is 12.3 Å². The third-order valence-electron chi connectivity index (χ3n) is 3.73. The fourth-order valence-electron chi connectivity index (χ4n) is 2.47. The zero-order valence-corrected chi connectivity index (χ0v) is 17.8. The Morgan fingerprint density at radius 3 is 2.64 bits per heavy atom. The summed E-state index contributed by atoms with van der Waals surface area (Å²) in [6.45, 7) is 6.11. The number of amides is 1. The second-order valence-electron chi connectivity index (χ2n) is 5.68. The number of hydrogen-bond acceptors (Lipinski definition) is 5. The molecular weight excluding hydrogens is 443 g/mol. The van der Waals surface area contributed by atoms with E-state index in [-0.39, 0.29) is 21.7 Å². The zero-order chi connectivity index (χ0) is 20.3. The first-order chi connectivity index (χ1) is 13.4. The summed E-state index contributed by atoms with van der Waals surface area (Å²) in [6, 6.07) is 4.85. The summed E-state index contributed by atoms with van der Waals surface area (Å²) >= 11 is 19.3. The standard InChI is InChI=1S/C18H15Cl3N4O2S/c1-3-5-25-17(12-4-6-27-10(12)2)23-24-18(25)28-9-15(26)22-16-13(20)7-11(19)8-14(16)21/h3-4,6-8H,1,5,9H2,2H3,(H,22,26). The minimum Gasteiger partial charge on any atom is -0.469 e. The Balaban J connectivity index is 1.74. The van der Waals surface area contributed by atoms with E-state index in [0.717, 1.165) is 11.3 Å². The first-order valence-electron chi connectivity index (χ1n) is 8.06. The summed E-state index contributed by atoms with van der Waals surface area (Å²) in [6.07, 6.45) is 3.33. The number of furan rings is 1. The van der Waals surface area contributed by atoms with Gasteiger partial charge in [0, 0.05) is 11.6 Å². The first kappa shape index (κ1) is 20.8. The van der Waals surface area contributed by atoms with Crippen LogP contribution in [0.25, 0.3) is 11.4 Å². The Morgan fingerprint density at radius 1 is 1.32 bits per heavy atom. The smallest absolute Gasteiger partial charge is 0.234 e. The maximum absolute atomic E-state index is 12.4. The lowest BCUT2D eigenvalue weighted by atomic mass is 10.2. The molecule has 28 heavy (non-hydrogen) atoms. The molecule has 0 spiro atoms. The average molecular weight is 458 g/mol. The van der Waals surface area contributed by atoms with Gasteiger partial charge in [-0.3, -0.25) is 9.36 Å². The van der Waals surface area contributed by atoms with Crippen molar-refractivity contribution in [2.24, 2.45) is 0 Å². The van der Waals surface area contributed by atoms with E-state index in [4.69, 9.17) is 39.2 Å². The van der Waals surface area contributed by atoms with Crippen LogP contribution in [0.3, 0.4) is 0 Å². The topological polar surface area (TPSA) is 73.0 Å². The molecule has 0 atom stereocenters. The van der Waals surface area contributed by atoms with E-state index in [1.807, 2.05) is 17.6 Å². The van der Waals surface area contributed by atoms with E-state index in [2.05, 4.69) is 22.1 Å². The molecule has 0 aliphatic carbocycles. The molecule has 3 rings (SSSR count). The van der Waals surface area contributed by atoms with Gasteiger partial charge >= 0.3 is 0 Å². The number of nitrogens with one attached hydrogen (secondary N) is 1. The molecule has 2 heterocycles. The lowest BCUT2D eigenvalue weighted by Crippen LogP contribution is -2.15. The number of anilines is 1. The van der Waals surface area contributed by atoms with Crippen molar-refractivity contribution < 1.29 is 9.21 Å². The van der Waals surface area contributed by atoms with Crippen LogP contribution in [0, 0.1) is 6.92 Å². The van der Waals surface area contributed by atoms with Gasteiger partial charge in [-0.1, -0.05) is 52.6 Å². The normalized spacial score (nSPS) is 10.9. The second-order valence-corrected chi connectivity index (χ2v) is 7.87. The Bertz CT molecular complexity index is 1010. The zero-order valence-electron chi connectivity index (χ0n) is 14.7. The van der Waals surface area contributed by atoms with Crippen LogP contribution >= 0.6 is 46.6 Å². The summed E-state index contributed by atoms with van der Waals surface area (Å²) < 4.78 is 7.21. The molecule has 1 amide bonds. The number of nitrogens with zero attached hydrogens (tertiary/aromatic N) is 3. The molecule has 0 saturated heterocycles. The molecule has 0 unspecified atom stereocenters. The van der Waals surface area contributed by atoms with Crippen LogP contribution < -0.4 is 5.32 Å². The number of hydrogen-bond donors (Lipinski definition) is 1. The van der Waals surface area contributed by atoms with E-state index in [0.29, 0.717) is 28.2 Å². The van der Waals surface area contributed by atoms with Gasteiger partial charge < -0.3 is 9.73 Å². The third-order valence-corrected chi connectivity index (χ3v) is 5.51. The summed E-state index contributed by atoms with van der Waals surface area (Å²) in [5.41, 5.74) is 1.16. The summed E-state index contributed by atoms with van der Waals surface area (Å²) in [5.74, 6) is 1.19. The maximum atomic E-state index is 12.4. The average Bonchev–Trinajstić information content (AvgIpc) is 3.22. The van der Waals surface area contributed by atoms with Crippen LogP contribution in [-0.4, -0.2) is 26.4 Å². The molecule has 10 heteroatoms. The maximum Gasteiger partial charge on any atom is 0.234 e. The van der Waals surface area contributed by atoms with Gasteiger partial charge in [0.25, 0.3) is 0 Å². The van der Waals surface area contributed by atoms with Gasteiger partial charge in [-0.05, 0) is 25.1 Å². The van der Waals surface area contributed by atoms with Crippen molar-refractivity contribution in [3.05, 3.63) is 57.9 Å². The number of halogens is 3. The number of rotatable bonds is 7. The van der Waals surface area contributed by atoms with E-state index < -0.39 is 0 Å². The highest BCUT2D eigenvalue weighted by Crippen LogP contribution is 2.34. The minimum atomic E-state index is -0.287. The van der Waals surface area contributed by atoms with Crippen molar-refractivity contribution in [3.8, 4) is 11.4 Å². The molecule has 0 saturated carbocycles. The second kappa shape index (κ2) is 9.05. The van der Waals surface area contributed by atoms with Crippen molar-refractivity contribution in [3.63, 3.8) is 0 Å². The summed E-state index contributed by atoms with van der Waals surface area (Å²) in [5, 5.41) is 12.6. The number of carbonyl (C=O) groups is 1. The van der Waals surface area contributed by atoms with Crippen molar-refractivity contribution in [2.75, 3.05) is 11.1 Å². The predicted octanol–water partition coefficient (Wildman–Crippen LogP) is 5.72. The molecule has 1 aromatic carbocycles. The number of allylic oxidation sites excluding steroid dienone is 1. The lowest BCUT2D eigenvalue weighted by molar-refractivity contribution is -0.113. The molecule has 2 aromatic heterocycles. The third kappa shape index (κ3) is 4.55. The van der Waals surface area contributed by atoms with Crippen LogP contribution in [0.15, 0.2) is 46.7 Å². The van der Waals surface area contributed by atoms with Gasteiger partial charge in [0.1, 0.15) is 5.76 Å². The van der Waals surface area contributed by atoms with Crippen LogP contribution in [0.2, 0.25) is 15.1 Å². The lowest BCUT2D eigenvalue weighted by Gasteiger charge is -2.10. The summed E-state index contributed by atoms with van der Waals surface area (Å²) in [4.78, 5) is 12.4. The number of benzene rings is 1. The SMILES string of the molecule is C=CCn1c(SCC(=O)Nc2c(Cl)cc(Cl)cc2Cl)nnc1-c1ccoc1C. The Kier molecular flexibility index (Phi) is 6.72. The Labute approximate surface area is 180 Å². The van der Waals surface area contributed by atoms with Gasteiger partial charge in [0.2, 0.25) is 5.91 Å². The highest BCUT2D eigenvalue weighted by atomic mass is 35.5. The van der Waals surface area contributed by atoms with Crippen LogP contribution in [-0.2, 0) is 11.3 Å². The predicted molar refractivity (Wildman–Crippen MR) is 113 cm³/mol. The number of carbonyl (C=O) groups excluding carboxylic acids is 1. The van der Waals surface area contributed by atoms with Crippen LogP contribution in [0.4, 0.5) is 5.69 Å². The van der Waals surface area contributed by atoms with Crippen molar-refractivity contribution in [1.29, 1.82) is 0 Å². The number of thioether (sulfide) groups is 1. The van der Waals surface area contributed by atoms with E-state index >= 15 is 0 Å². The van der Waals surface area contributed by atoms with E-state index in [9.17, 15) is 4.79 Å². The van der Waals surface area contributed by atoms with Crippen LogP contribution in [0.5, 0.6) is 0 Å². The Hall–Kier alpha value is -1.93. The van der Waals surface area contributed by atoms with Gasteiger partial charge in [0.15, 0.2) is 11.0 Å². The molecule has 0 radical (unpaired) electrons. The summed E-state index contributed by atoms with van der Waals surface area (Å²) in [7, 11) is 0. The first-order valence-corrected chi connectivity index (χ1v) is 10.2. The van der Waals surface area contributed by atoms with Gasteiger partial charge in [-0.15, -0.1) is 16.8 Å². The van der Waals surface area contributed by atoms with Crippen molar-refractivity contribution in [2.45, 2.75) is 18.6 Å². The molecule has 0 aliphatic rings. The van der Waals surface area contributed by atoms with Gasteiger partial charge in [0.05, 0.1) is 33.3 Å². The quantitative estimate of drug-likeness (QED) is 0.362. The largest absolute Gasteiger partial charge is 0.469 e. The van der Waals surface area contributed by atoms with Crippen molar-refractivity contribution in [1.82, 2.24) is 14.8 Å². The monoisotopic (exact) mass is 456 g/mol. The molecule has 0 aliphatic heterocycles. The van der Waals surface area contributed by atoms with Crippen LogP contribution in [0.1, 0.15) is 5.76 Å². The number of aryl methyl sites for hydroxylation is 1. The van der Waals surface area contributed by atoms with E-state index in [1.165, 1.54) is 23.9 Å². The fraction of sp³-hybridized carbons (Fsp3) is 0.167. The highest BCUT2D eigenvalue weighted by molar-refractivity contribution is 7.99. The van der Waals surface area contributed by atoms with Gasteiger partial charge in [-0.25, -0.2) is 0 Å². The van der Waals surface area contributed by atoms with Crippen molar-refractivity contribution >= 4 is 58.2 Å². The molecular formula is C18H15Cl3N4O2S. The fourth-order valence-corrected chi connectivity index (χ4v) is 4.13. The molecule has 146 valence electrons.